The molecule has 1 aliphatic rings. The van der Waals surface area contributed by atoms with Crippen LogP contribution >= 0.6 is 0 Å². The average Bonchev–Trinajstić information content (AvgIpc) is 2.35. The molecule has 2 heteroatoms. The lowest BCUT2D eigenvalue weighted by molar-refractivity contribution is 0.400. The second kappa shape index (κ2) is 5.06. The van der Waals surface area contributed by atoms with Crippen molar-refractivity contribution in [3.63, 3.8) is 0 Å². The second-order valence-corrected chi connectivity index (χ2v) is 4.20. The molecule has 0 saturated carbocycles. The third-order valence-electron chi connectivity index (χ3n) is 3.16. The first kappa shape index (κ1) is 11.1. The number of rotatable bonds is 3. The minimum atomic E-state index is 0.542. The lowest BCUT2D eigenvalue weighted by atomic mass is 9.88. The van der Waals surface area contributed by atoms with Gasteiger partial charge in [0.15, 0.2) is 0 Å². The third-order valence-corrected chi connectivity index (χ3v) is 3.16. The molecule has 86 valence electrons. The number of aryl methyl sites for hydroxylation is 1. The van der Waals surface area contributed by atoms with Crippen LogP contribution in [0.3, 0.4) is 0 Å². The van der Waals surface area contributed by atoms with Gasteiger partial charge in [0.2, 0.25) is 0 Å². The molecule has 1 aliphatic carbocycles. The molecule has 16 heavy (non-hydrogen) atoms. The van der Waals surface area contributed by atoms with Crippen molar-refractivity contribution in [1.82, 2.24) is 5.32 Å². The number of ether oxygens (including phenoxy) is 1. The number of methoxy groups -OCH3 is 1. The Morgan fingerprint density at radius 2 is 2.31 bits per heavy atom. The molecule has 1 N–H and O–H groups in total. The smallest absolute Gasteiger partial charge is 0.122 e. The van der Waals surface area contributed by atoms with Crippen LogP contribution in [0.25, 0.3) is 0 Å². The van der Waals surface area contributed by atoms with Crippen LogP contribution in [-0.4, -0.2) is 13.2 Å². The molecule has 0 spiro atoms. The maximum Gasteiger partial charge on any atom is 0.122 e. The van der Waals surface area contributed by atoms with Crippen LogP contribution in [0, 0.1) is 0 Å². The lowest BCUT2D eigenvalue weighted by Crippen LogP contribution is -2.31. The molecular formula is C14H19NO. The molecule has 0 saturated heterocycles. The van der Waals surface area contributed by atoms with Crippen molar-refractivity contribution in [2.75, 3.05) is 7.11 Å². The molecule has 0 aromatic heterocycles. The van der Waals surface area contributed by atoms with Crippen molar-refractivity contribution in [3.05, 3.63) is 41.6 Å². The summed E-state index contributed by atoms with van der Waals surface area (Å²) in [6.07, 6.45) is 7.47. The van der Waals surface area contributed by atoms with Crippen molar-refractivity contribution >= 4 is 0 Å². The Hall–Kier alpha value is -1.44. The van der Waals surface area contributed by atoms with Gasteiger partial charge in [-0.2, -0.15) is 0 Å². The molecule has 1 atom stereocenters. The minimum Gasteiger partial charge on any atom is -0.496 e. The lowest BCUT2D eigenvalue weighted by Gasteiger charge is -2.26. The molecule has 2 rings (SSSR count). The zero-order valence-corrected chi connectivity index (χ0v) is 9.99. The highest BCUT2D eigenvalue weighted by Crippen LogP contribution is 2.29. The van der Waals surface area contributed by atoms with Crippen LogP contribution in [0.2, 0.25) is 0 Å². The topological polar surface area (TPSA) is 21.3 Å². The Kier molecular flexibility index (Phi) is 3.50. The van der Waals surface area contributed by atoms with Crippen molar-refractivity contribution in [3.8, 4) is 5.75 Å². The molecule has 1 unspecified atom stereocenters. The summed E-state index contributed by atoms with van der Waals surface area (Å²) in [4.78, 5) is 0. The summed E-state index contributed by atoms with van der Waals surface area (Å²) in [6.45, 7) is 2.03. The van der Waals surface area contributed by atoms with Crippen molar-refractivity contribution < 1.29 is 4.74 Å². The fourth-order valence-corrected chi connectivity index (χ4v) is 2.32. The van der Waals surface area contributed by atoms with E-state index in [0.29, 0.717) is 6.04 Å². The Bertz CT molecular complexity index is 370. The fraction of sp³-hybridized carbons (Fsp3) is 0.429. The van der Waals surface area contributed by atoms with E-state index in [1.807, 2.05) is 19.2 Å². The SMILES string of the molecule is C/C=C\NC1CCc2cccc(OC)c2C1. The second-order valence-electron chi connectivity index (χ2n) is 4.20. The van der Waals surface area contributed by atoms with Gasteiger partial charge in [-0.1, -0.05) is 18.2 Å². The highest BCUT2D eigenvalue weighted by molar-refractivity contribution is 5.42. The molecule has 0 bridgehead atoms. The number of hydrogen-bond acceptors (Lipinski definition) is 2. The standard InChI is InChI=1S/C14H19NO/c1-3-9-15-12-8-7-11-5-4-6-14(16-2)13(11)10-12/h3-6,9,12,15H,7-8,10H2,1-2H3/b9-3-. The zero-order valence-electron chi connectivity index (χ0n) is 9.99. The summed E-state index contributed by atoms with van der Waals surface area (Å²) < 4.78 is 5.42. The van der Waals surface area contributed by atoms with Crippen molar-refractivity contribution in [1.29, 1.82) is 0 Å². The van der Waals surface area contributed by atoms with E-state index in [0.717, 1.165) is 18.6 Å². The Morgan fingerprint density at radius 3 is 3.06 bits per heavy atom. The summed E-state index contributed by atoms with van der Waals surface area (Å²) in [5.41, 5.74) is 2.82. The molecule has 1 aromatic carbocycles. The fourth-order valence-electron chi connectivity index (χ4n) is 2.32. The molecule has 2 nitrogen and oxygen atoms in total. The number of hydrogen-bond donors (Lipinski definition) is 1. The number of benzene rings is 1. The number of allylic oxidation sites excluding steroid dienone is 1. The van der Waals surface area contributed by atoms with Gasteiger partial charge in [0, 0.05) is 6.04 Å². The molecule has 0 amide bonds. The molecule has 0 fully saturated rings. The monoisotopic (exact) mass is 217 g/mol. The van der Waals surface area contributed by atoms with Crippen LogP contribution < -0.4 is 10.1 Å². The van der Waals surface area contributed by atoms with Gasteiger partial charge in [0.25, 0.3) is 0 Å². The predicted octanol–water partition coefficient (Wildman–Crippen LogP) is 2.68. The maximum atomic E-state index is 5.42. The molecule has 0 radical (unpaired) electrons. The van der Waals surface area contributed by atoms with E-state index in [9.17, 15) is 0 Å². The van der Waals surface area contributed by atoms with E-state index in [-0.39, 0.29) is 0 Å². The van der Waals surface area contributed by atoms with Gasteiger partial charge < -0.3 is 10.1 Å². The highest BCUT2D eigenvalue weighted by Gasteiger charge is 2.20. The van der Waals surface area contributed by atoms with Crippen LogP contribution in [0.4, 0.5) is 0 Å². The first-order chi connectivity index (χ1) is 7.85. The summed E-state index contributed by atoms with van der Waals surface area (Å²) >= 11 is 0. The molecular weight excluding hydrogens is 198 g/mol. The summed E-state index contributed by atoms with van der Waals surface area (Å²) in [5, 5.41) is 3.43. The molecule has 0 aliphatic heterocycles. The van der Waals surface area contributed by atoms with E-state index in [4.69, 9.17) is 4.74 Å². The number of fused-ring (bicyclic) bond motifs is 1. The van der Waals surface area contributed by atoms with Gasteiger partial charge in [0.05, 0.1) is 7.11 Å². The van der Waals surface area contributed by atoms with Crippen LogP contribution in [0.5, 0.6) is 5.75 Å². The van der Waals surface area contributed by atoms with Gasteiger partial charge >= 0.3 is 0 Å². The predicted molar refractivity (Wildman–Crippen MR) is 66.8 cm³/mol. The van der Waals surface area contributed by atoms with E-state index in [1.54, 1.807) is 7.11 Å². The summed E-state index contributed by atoms with van der Waals surface area (Å²) in [5.74, 6) is 1.03. The summed E-state index contributed by atoms with van der Waals surface area (Å²) in [6, 6.07) is 6.89. The zero-order chi connectivity index (χ0) is 11.4. The van der Waals surface area contributed by atoms with Crippen LogP contribution in [-0.2, 0) is 12.8 Å². The Morgan fingerprint density at radius 1 is 1.44 bits per heavy atom. The first-order valence-corrected chi connectivity index (χ1v) is 5.87. The van der Waals surface area contributed by atoms with Gasteiger partial charge in [0.1, 0.15) is 5.75 Å². The van der Waals surface area contributed by atoms with E-state index in [1.165, 1.54) is 17.5 Å². The Labute approximate surface area is 97.3 Å². The van der Waals surface area contributed by atoms with Crippen LogP contribution in [0.1, 0.15) is 24.5 Å². The average molecular weight is 217 g/mol. The van der Waals surface area contributed by atoms with Crippen molar-refractivity contribution in [2.45, 2.75) is 32.2 Å². The van der Waals surface area contributed by atoms with Crippen LogP contribution in [0.15, 0.2) is 30.5 Å². The van der Waals surface area contributed by atoms with E-state index in [2.05, 4.69) is 23.5 Å². The maximum absolute atomic E-state index is 5.42. The van der Waals surface area contributed by atoms with Gasteiger partial charge in [-0.3, -0.25) is 0 Å². The Balaban J connectivity index is 2.17. The van der Waals surface area contributed by atoms with Gasteiger partial charge in [-0.25, -0.2) is 0 Å². The van der Waals surface area contributed by atoms with E-state index >= 15 is 0 Å². The normalized spacial score (nSPS) is 19.5. The van der Waals surface area contributed by atoms with E-state index < -0.39 is 0 Å². The van der Waals surface area contributed by atoms with Gasteiger partial charge in [-0.05, 0) is 49.6 Å². The largest absolute Gasteiger partial charge is 0.496 e. The third kappa shape index (κ3) is 2.21. The molecule has 0 heterocycles. The summed E-state index contributed by atoms with van der Waals surface area (Å²) in [7, 11) is 1.75. The minimum absolute atomic E-state index is 0.542. The highest BCUT2D eigenvalue weighted by atomic mass is 16.5. The number of nitrogens with one attached hydrogen (secondary N) is 1. The first-order valence-electron chi connectivity index (χ1n) is 5.87. The quantitative estimate of drug-likeness (QED) is 0.840. The molecule has 1 aromatic rings. The van der Waals surface area contributed by atoms with Crippen molar-refractivity contribution in [2.24, 2.45) is 0 Å². The van der Waals surface area contributed by atoms with Gasteiger partial charge in [-0.15, -0.1) is 0 Å².